The molecule has 1 saturated heterocycles. The minimum absolute atomic E-state index is 0.0735. The molecule has 6 heteroatoms. The quantitative estimate of drug-likeness (QED) is 0.734. The Kier molecular flexibility index (Phi) is 6.42. The van der Waals surface area contributed by atoms with E-state index in [1.54, 1.807) is 26.4 Å². The van der Waals surface area contributed by atoms with Gasteiger partial charge in [-0.25, -0.2) is 0 Å². The summed E-state index contributed by atoms with van der Waals surface area (Å²) >= 11 is 0. The van der Waals surface area contributed by atoms with Crippen molar-refractivity contribution in [2.75, 3.05) is 26.7 Å². The van der Waals surface area contributed by atoms with Gasteiger partial charge in [0.05, 0.1) is 32.0 Å². The van der Waals surface area contributed by atoms with Gasteiger partial charge in [-0.3, -0.25) is 14.9 Å². The molecule has 0 aliphatic carbocycles. The van der Waals surface area contributed by atoms with E-state index in [1.807, 2.05) is 12.1 Å². The van der Waals surface area contributed by atoms with Crippen LogP contribution < -0.4 is 4.74 Å². The fourth-order valence-corrected chi connectivity index (χ4v) is 3.50. The van der Waals surface area contributed by atoms with E-state index in [9.17, 15) is 10.2 Å². The molecule has 0 radical (unpaired) electrons. The van der Waals surface area contributed by atoms with Crippen LogP contribution in [0.3, 0.4) is 0 Å². The minimum atomic E-state index is -0.187. The predicted molar refractivity (Wildman–Crippen MR) is 106 cm³/mol. The number of rotatable bonds is 7. The molecule has 144 valence electrons. The Labute approximate surface area is 160 Å². The average Bonchev–Trinajstić information content (AvgIpc) is 3.22. The summed E-state index contributed by atoms with van der Waals surface area (Å²) < 4.78 is 5.38. The Hall–Kier alpha value is -2.44. The second-order valence-electron chi connectivity index (χ2n) is 6.82. The fraction of sp³-hybridized carbons (Fsp3) is 0.429. The summed E-state index contributed by atoms with van der Waals surface area (Å²) in [7, 11) is 1.67. The Morgan fingerprint density at radius 1 is 1.33 bits per heavy atom. The number of ether oxygens (including phenoxy) is 1. The molecule has 1 aliphatic heterocycles. The van der Waals surface area contributed by atoms with E-state index in [0.29, 0.717) is 23.4 Å². The molecule has 2 aromatic rings. The van der Waals surface area contributed by atoms with Crippen LogP contribution in [0.5, 0.6) is 11.5 Å². The Balaban J connectivity index is 1.85. The molecule has 6 nitrogen and oxygen atoms in total. The van der Waals surface area contributed by atoms with Crippen molar-refractivity contribution in [1.29, 1.82) is 0 Å². The molecule has 3 rings (SSSR count). The lowest BCUT2D eigenvalue weighted by molar-refractivity contribution is 0.251. The van der Waals surface area contributed by atoms with Crippen molar-refractivity contribution in [3.8, 4) is 11.5 Å². The standard InChI is InChI=1S/C21H27N3O3/c1-15-21(26)19(17(14-25)11-23-15)12-22-13-20(24-8-3-4-9-24)16-6-5-7-18(10-16)27-2/h5-7,10-12,20,25-26H,3-4,8-9,13-14H2,1-2H3/t20-/m0/s1. The van der Waals surface area contributed by atoms with E-state index < -0.39 is 0 Å². The van der Waals surface area contributed by atoms with Crippen LogP contribution in [0.15, 0.2) is 35.5 Å². The maximum absolute atomic E-state index is 10.3. The van der Waals surface area contributed by atoms with E-state index in [-0.39, 0.29) is 18.4 Å². The number of pyridine rings is 1. The van der Waals surface area contributed by atoms with E-state index in [1.165, 1.54) is 18.4 Å². The van der Waals surface area contributed by atoms with Crippen LogP contribution >= 0.6 is 0 Å². The molecule has 0 amide bonds. The van der Waals surface area contributed by atoms with E-state index >= 15 is 0 Å². The first-order valence-corrected chi connectivity index (χ1v) is 9.30. The van der Waals surface area contributed by atoms with Crippen molar-refractivity contribution in [1.82, 2.24) is 9.88 Å². The number of benzene rings is 1. The van der Waals surface area contributed by atoms with E-state index in [4.69, 9.17) is 4.74 Å². The smallest absolute Gasteiger partial charge is 0.145 e. The predicted octanol–water partition coefficient (Wildman–Crippen LogP) is 2.85. The Morgan fingerprint density at radius 2 is 2.11 bits per heavy atom. The number of aliphatic hydroxyl groups excluding tert-OH is 1. The van der Waals surface area contributed by atoms with Crippen LogP contribution in [0.2, 0.25) is 0 Å². The molecule has 0 saturated carbocycles. The Bertz CT molecular complexity index is 801. The van der Waals surface area contributed by atoms with Crippen LogP contribution in [0, 0.1) is 6.92 Å². The summed E-state index contributed by atoms with van der Waals surface area (Å²) in [6.45, 7) is 4.22. The molecule has 0 bridgehead atoms. The molecule has 0 unspecified atom stereocenters. The first kappa shape index (κ1) is 19.3. The zero-order chi connectivity index (χ0) is 19.2. The third kappa shape index (κ3) is 4.46. The van der Waals surface area contributed by atoms with E-state index in [2.05, 4.69) is 27.0 Å². The molecule has 0 spiro atoms. The SMILES string of the molecule is COc1cccc([C@H](CN=Cc2c(CO)cnc(C)c2O)N2CCCC2)c1. The summed E-state index contributed by atoms with van der Waals surface area (Å²) in [5, 5.41) is 19.8. The van der Waals surface area contributed by atoms with Gasteiger partial charge >= 0.3 is 0 Å². The largest absolute Gasteiger partial charge is 0.505 e. The molecule has 1 atom stereocenters. The number of hydrogen-bond donors (Lipinski definition) is 2. The molecule has 1 aromatic carbocycles. The minimum Gasteiger partial charge on any atom is -0.505 e. The molecule has 2 heterocycles. The molecule has 2 N–H and O–H groups in total. The van der Waals surface area contributed by atoms with Gasteiger partial charge in [-0.1, -0.05) is 12.1 Å². The summed E-state index contributed by atoms with van der Waals surface area (Å²) in [6, 6.07) is 8.27. The normalized spacial score (nSPS) is 16.1. The molecular weight excluding hydrogens is 342 g/mol. The lowest BCUT2D eigenvalue weighted by Crippen LogP contribution is -2.27. The van der Waals surface area contributed by atoms with Gasteiger partial charge in [0.15, 0.2) is 0 Å². The van der Waals surface area contributed by atoms with Crippen molar-refractivity contribution >= 4 is 6.21 Å². The van der Waals surface area contributed by atoms with Gasteiger partial charge in [0.2, 0.25) is 0 Å². The molecule has 1 aliphatic rings. The van der Waals surface area contributed by atoms with Gasteiger partial charge in [0, 0.05) is 23.5 Å². The van der Waals surface area contributed by atoms with Crippen LogP contribution in [-0.2, 0) is 6.61 Å². The summed E-state index contributed by atoms with van der Waals surface area (Å²) in [5.74, 6) is 0.912. The van der Waals surface area contributed by atoms with Crippen molar-refractivity contribution in [2.24, 2.45) is 4.99 Å². The number of aromatic nitrogens is 1. The first-order valence-electron chi connectivity index (χ1n) is 9.30. The van der Waals surface area contributed by atoms with Crippen LogP contribution in [0.25, 0.3) is 0 Å². The lowest BCUT2D eigenvalue weighted by atomic mass is 10.0. The summed E-state index contributed by atoms with van der Waals surface area (Å²) in [4.78, 5) is 11.2. The first-order chi connectivity index (χ1) is 13.1. The Morgan fingerprint density at radius 3 is 2.81 bits per heavy atom. The number of aromatic hydroxyl groups is 1. The van der Waals surface area contributed by atoms with Crippen LogP contribution in [0.1, 0.15) is 41.3 Å². The van der Waals surface area contributed by atoms with Gasteiger partial charge < -0.3 is 14.9 Å². The van der Waals surface area contributed by atoms with Crippen molar-refractivity contribution in [3.05, 3.63) is 52.8 Å². The van der Waals surface area contributed by atoms with Gasteiger partial charge in [-0.15, -0.1) is 0 Å². The van der Waals surface area contributed by atoms with Crippen LogP contribution in [-0.4, -0.2) is 53.1 Å². The highest BCUT2D eigenvalue weighted by Gasteiger charge is 2.23. The average molecular weight is 369 g/mol. The zero-order valence-corrected chi connectivity index (χ0v) is 15.9. The maximum atomic E-state index is 10.3. The van der Waals surface area contributed by atoms with Gasteiger partial charge in [0.1, 0.15) is 11.5 Å². The third-order valence-electron chi connectivity index (χ3n) is 5.09. The lowest BCUT2D eigenvalue weighted by Gasteiger charge is -2.26. The summed E-state index contributed by atoms with van der Waals surface area (Å²) in [5.41, 5.74) is 2.81. The monoisotopic (exact) mass is 369 g/mol. The second kappa shape index (κ2) is 8.97. The van der Waals surface area contributed by atoms with Crippen LogP contribution in [0.4, 0.5) is 0 Å². The molecule has 27 heavy (non-hydrogen) atoms. The van der Waals surface area contributed by atoms with Crippen molar-refractivity contribution < 1.29 is 14.9 Å². The van der Waals surface area contributed by atoms with E-state index in [0.717, 1.165) is 18.8 Å². The van der Waals surface area contributed by atoms with Crippen molar-refractivity contribution in [2.45, 2.75) is 32.4 Å². The maximum Gasteiger partial charge on any atom is 0.145 e. The number of nitrogens with zero attached hydrogens (tertiary/aromatic N) is 3. The fourth-order valence-electron chi connectivity index (χ4n) is 3.50. The highest BCUT2D eigenvalue weighted by molar-refractivity contribution is 5.85. The second-order valence-corrected chi connectivity index (χ2v) is 6.82. The zero-order valence-electron chi connectivity index (χ0n) is 15.9. The molecule has 1 fully saturated rings. The number of likely N-dealkylation sites (tertiary alicyclic amines) is 1. The highest BCUT2D eigenvalue weighted by atomic mass is 16.5. The highest BCUT2D eigenvalue weighted by Crippen LogP contribution is 2.28. The molecular formula is C21H27N3O3. The topological polar surface area (TPSA) is 78.2 Å². The van der Waals surface area contributed by atoms with Gasteiger partial charge in [-0.05, 0) is 50.6 Å². The van der Waals surface area contributed by atoms with Crippen molar-refractivity contribution in [3.63, 3.8) is 0 Å². The number of aliphatic hydroxyl groups is 1. The third-order valence-corrected chi connectivity index (χ3v) is 5.09. The number of methoxy groups -OCH3 is 1. The summed E-state index contributed by atoms with van der Waals surface area (Å²) in [6.07, 6.45) is 5.63. The number of aryl methyl sites for hydroxylation is 1. The molecule has 1 aromatic heterocycles. The van der Waals surface area contributed by atoms with Gasteiger partial charge in [-0.2, -0.15) is 0 Å². The number of aliphatic imine (C=N–C) groups is 1. The van der Waals surface area contributed by atoms with Gasteiger partial charge in [0.25, 0.3) is 0 Å². The number of hydrogen-bond acceptors (Lipinski definition) is 6.